The van der Waals surface area contributed by atoms with Crippen LogP contribution in [0.2, 0.25) is 0 Å². The van der Waals surface area contributed by atoms with Crippen LogP contribution in [0.5, 0.6) is 0 Å². The Morgan fingerprint density at radius 1 is 1.00 bits per heavy atom. The first-order valence-electron chi connectivity index (χ1n) is 5.79. The Kier molecular flexibility index (Phi) is 3.23. The summed E-state index contributed by atoms with van der Waals surface area (Å²) < 4.78 is 19.7. The summed E-state index contributed by atoms with van der Waals surface area (Å²) in [6, 6.07) is 11.5. The van der Waals surface area contributed by atoms with Gasteiger partial charge < -0.3 is 10.2 Å². The summed E-state index contributed by atoms with van der Waals surface area (Å²) >= 11 is 3.41. The van der Waals surface area contributed by atoms with Crippen molar-refractivity contribution in [3.05, 3.63) is 52.8 Å². The van der Waals surface area contributed by atoms with E-state index in [0.717, 1.165) is 10.0 Å². The first kappa shape index (κ1) is 12.8. The van der Waals surface area contributed by atoms with Gasteiger partial charge in [0, 0.05) is 10.2 Å². The monoisotopic (exact) mass is 333 g/mol. The van der Waals surface area contributed by atoms with Gasteiger partial charge in [0.1, 0.15) is 5.82 Å². The summed E-state index contributed by atoms with van der Waals surface area (Å²) in [7, 11) is 0. The van der Waals surface area contributed by atoms with Crippen molar-refractivity contribution >= 4 is 21.6 Å². The summed E-state index contributed by atoms with van der Waals surface area (Å²) in [5.74, 6) is 0.124. The number of hydrogen-bond acceptors (Lipinski definition) is 4. The average Bonchev–Trinajstić information content (AvgIpc) is 2.91. The number of nitrogens with zero attached hydrogens (tertiary/aromatic N) is 2. The van der Waals surface area contributed by atoms with Crippen molar-refractivity contribution in [1.82, 2.24) is 10.2 Å². The summed E-state index contributed by atoms with van der Waals surface area (Å²) in [6.07, 6.45) is 0. The van der Waals surface area contributed by atoms with Crippen LogP contribution in [0, 0.1) is 5.82 Å². The molecule has 0 aliphatic rings. The molecule has 1 heterocycles. The average molecular weight is 334 g/mol. The van der Waals surface area contributed by atoms with Crippen LogP contribution in [0.25, 0.3) is 22.9 Å². The fourth-order valence-corrected chi connectivity index (χ4v) is 2.24. The third kappa shape index (κ3) is 2.30. The van der Waals surface area contributed by atoms with Gasteiger partial charge in [-0.2, -0.15) is 0 Å². The molecule has 2 N–H and O–H groups in total. The molecular formula is C14H9BrFN3O. The number of anilines is 1. The lowest BCUT2D eigenvalue weighted by atomic mass is 10.2. The number of aromatic nitrogens is 2. The zero-order valence-corrected chi connectivity index (χ0v) is 11.8. The Hall–Kier alpha value is -2.21. The summed E-state index contributed by atoms with van der Waals surface area (Å²) in [5.41, 5.74) is 7.33. The van der Waals surface area contributed by atoms with Crippen LogP contribution in [-0.2, 0) is 0 Å². The minimum Gasteiger partial charge on any atom is -0.416 e. The molecule has 0 radical (unpaired) electrons. The maximum absolute atomic E-state index is 13.3. The predicted molar refractivity (Wildman–Crippen MR) is 77.2 cm³/mol. The zero-order valence-electron chi connectivity index (χ0n) is 10.2. The number of halogens is 2. The molecule has 6 heteroatoms. The second-order valence-corrected chi connectivity index (χ2v) is 4.98. The van der Waals surface area contributed by atoms with Gasteiger partial charge in [0.15, 0.2) is 0 Å². The molecule has 0 aliphatic heterocycles. The lowest BCUT2D eigenvalue weighted by Crippen LogP contribution is -1.91. The Morgan fingerprint density at radius 2 is 1.70 bits per heavy atom. The van der Waals surface area contributed by atoms with Crippen LogP contribution in [0.3, 0.4) is 0 Å². The minimum absolute atomic E-state index is 0.188. The van der Waals surface area contributed by atoms with Gasteiger partial charge in [0.25, 0.3) is 0 Å². The predicted octanol–water partition coefficient (Wildman–Crippen LogP) is 3.89. The molecule has 0 saturated carbocycles. The molecule has 3 rings (SSSR count). The van der Waals surface area contributed by atoms with Gasteiger partial charge in [-0.15, -0.1) is 10.2 Å². The molecule has 0 atom stereocenters. The van der Waals surface area contributed by atoms with Crippen molar-refractivity contribution in [2.75, 3.05) is 5.73 Å². The summed E-state index contributed by atoms with van der Waals surface area (Å²) in [6.45, 7) is 0. The van der Waals surface area contributed by atoms with Gasteiger partial charge in [-0.25, -0.2) is 4.39 Å². The van der Waals surface area contributed by atoms with E-state index in [2.05, 4.69) is 26.1 Å². The van der Waals surface area contributed by atoms with Crippen molar-refractivity contribution in [2.24, 2.45) is 0 Å². The second-order valence-electron chi connectivity index (χ2n) is 4.12. The third-order valence-corrected chi connectivity index (χ3v) is 3.47. The fraction of sp³-hybridized carbons (Fsp3) is 0. The highest BCUT2D eigenvalue weighted by Crippen LogP contribution is 2.31. The standard InChI is InChI=1S/C14H9BrFN3O/c15-11-4-2-1-3-9(11)13-18-19-14(20-13)10-7-8(16)5-6-12(10)17/h1-7H,17H2. The number of hydrogen-bond donors (Lipinski definition) is 1. The molecule has 0 unspecified atom stereocenters. The van der Waals surface area contributed by atoms with Crippen LogP contribution < -0.4 is 5.73 Å². The van der Waals surface area contributed by atoms with Crippen molar-refractivity contribution in [2.45, 2.75) is 0 Å². The Labute approximate surface area is 122 Å². The van der Waals surface area contributed by atoms with E-state index in [0.29, 0.717) is 17.1 Å². The van der Waals surface area contributed by atoms with Crippen molar-refractivity contribution in [3.63, 3.8) is 0 Å². The second kappa shape index (κ2) is 5.05. The molecule has 2 aromatic carbocycles. The van der Waals surface area contributed by atoms with E-state index < -0.39 is 5.82 Å². The molecule has 0 bridgehead atoms. The number of rotatable bonds is 2. The number of nitrogen functional groups attached to an aromatic ring is 1. The smallest absolute Gasteiger partial charge is 0.250 e. The normalized spacial score (nSPS) is 10.7. The van der Waals surface area contributed by atoms with Gasteiger partial charge in [0.05, 0.1) is 11.1 Å². The summed E-state index contributed by atoms with van der Waals surface area (Å²) in [5, 5.41) is 7.89. The first-order chi connectivity index (χ1) is 9.65. The Balaban J connectivity index is 2.07. The maximum atomic E-state index is 13.3. The quantitative estimate of drug-likeness (QED) is 0.722. The molecular weight excluding hydrogens is 325 g/mol. The van der Waals surface area contributed by atoms with Gasteiger partial charge >= 0.3 is 0 Å². The van der Waals surface area contributed by atoms with E-state index in [4.69, 9.17) is 10.2 Å². The van der Waals surface area contributed by atoms with E-state index >= 15 is 0 Å². The largest absolute Gasteiger partial charge is 0.416 e. The van der Waals surface area contributed by atoms with Crippen LogP contribution in [0.4, 0.5) is 10.1 Å². The van der Waals surface area contributed by atoms with Crippen LogP contribution in [-0.4, -0.2) is 10.2 Å². The number of benzene rings is 2. The topological polar surface area (TPSA) is 64.9 Å². The van der Waals surface area contributed by atoms with Gasteiger partial charge in [0.2, 0.25) is 11.8 Å². The molecule has 4 nitrogen and oxygen atoms in total. The molecule has 0 amide bonds. The SMILES string of the molecule is Nc1ccc(F)cc1-c1nnc(-c2ccccc2Br)o1. The highest BCUT2D eigenvalue weighted by Gasteiger charge is 2.15. The van der Waals surface area contributed by atoms with Gasteiger partial charge in [-0.3, -0.25) is 0 Å². The van der Waals surface area contributed by atoms with Crippen molar-refractivity contribution < 1.29 is 8.81 Å². The van der Waals surface area contributed by atoms with E-state index in [-0.39, 0.29) is 5.89 Å². The maximum Gasteiger partial charge on any atom is 0.250 e. The van der Waals surface area contributed by atoms with Crippen LogP contribution in [0.1, 0.15) is 0 Å². The first-order valence-corrected chi connectivity index (χ1v) is 6.58. The number of nitrogens with two attached hydrogens (primary N) is 1. The fourth-order valence-electron chi connectivity index (χ4n) is 1.79. The van der Waals surface area contributed by atoms with Crippen LogP contribution >= 0.6 is 15.9 Å². The minimum atomic E-state index is -0.408. The Bertz CT molecular complexity index is 773. The zero-order chi connectivity index (χ0) is 14.1. The lowest BCUT2D eigenvalue weighted by molar-refractivity contribution is 0.582. The molecule has 3 aromatic rings. The molecule has 0 saturated heterocycles. The van der Waals surface area contributed by atoms with Crippen molar-refractivity contribution in [1.29, 1.82) is 0 Å². The third-order valence-electron chi connectivity index (χ3n) is 2.78. The van der Waals surface area contributed by atoms with Crippen LogP contribution in [0.15, 0.2) is 51.4 Å². The van der Waals surface area contributed by atoms with E-state index in [9.17, 15) is 4.39 Å². The Morgan fingerprint density at radius 3 is 2.45 bits per heavy atom. The van der Waals surface area contributed by atoms with Gasteiger partial charge in [-0.05, 0) is 46.3 Å². The molecule has 0 aliphatic carbocycles. The molecule has 0 fully saturated rings. The molecule has 100 valence electrons. The van der Waals surface area contributed by atoms with Gasteiger partial charge in [-0.1, -0.05) is 12.1 Å². The highest BCUT2D eigenvalue weighted by atomic mass is 79.9. The van der Waals surface area contributed by atoms with E-state index in [1.165, 1.54) is 18.2 Å². The van der Waals surface area contributed by atoms with Crippen molar-refractivity contribution in [3.8, 4) is 22.9 Å². The van der Waals surface area contributed by atoms with E-state index in [1.54, 1.807) is 0 Å². The molecule has 0 spiro atoms. The summed E-state index contributed by atoms with van der Waals surface area (Å²) in [4.78, 5) is 0. The lowest BCUT2D eigenvalue weighted by Gasteiger charge is -2.00. The molecule has 20 heavy (non-hydrogen) atoms. The van der Waals surface area contributed by atoms with E-state index in [1.807, 2.05) is 24.3 Å². The highest BCUT2D eigenvalue weighted by molar-refractivity contribution is 9.10. The molecule has 1 aromatic heterocycles.